The first kappa shape index (κ1) is 16.9. The van der Waals surface area contributed by atoms with Crippen molar-refractivity contribution in [3.8, 4) is 0 Å². The summed E-state index contributed by atoms with van der Waals surface area (Å²) < 4.78 is 23.1. The number of halogens is 1. The molecule has 2 atom stereocenters. The van der Waals surface area contributed by atoms with Crippen molar-refractivity contribution in [2.75, 3.05) is 0 Å². The third kappa shape index (κ3) is 3.66. The summed E-state index contributed by atoms with van der Waals surface area (Å²) in [7, 11) is -2.87. The van der Waals surface area contributed by atoms with Crippen LogP contribution in [0.25, 0.3) is 6.08 Å². The molecule has 2 aromatic rings. The van der Waals surface area contributed by atoms with Gasteiger partial charge in [0.1, 0.15) is 4.75 Å². The first-order valence-electron chi connectivity index (χ1n) is 6.76. The van der Waals surface area contributed by atoms with Crippen LogP contribution >= 0.6 is 15.9 Å². The number of aliphatic hydroxyl groups is 1. The molecular formula is C17H17BrO3S. The molecule has 2 unspecified atom stereocenters. The molecule has 0 saturated carbocycles. The number of rotatable bonds is 5. The molecule has 5 heteroatoms. The molecule has 0 spiro atoms. The number of hydrogen-bond donors (Lipinski definition) is 2. The van der Waals surface area contributed by atoms with E-state index >= 15 is 0 Å². The van der Waals surface area contributed by atoms with E-state index in [-0.39, 0.29) is 0 Å². The van der Waals surface area contributed by atoms with E-state index in [1.807, 2.05) is 30.3 Å². The van der Waals surface area contributed by atoms with Crippen LogP contribution in [0.5, 0.6) is 0 Å². The van der Waals surface area contributed by atoms with Crippen molar-refractivity contribution in [2.45, 2.75) is 17.8 Å². The number of benzene rings is 2. The van der Waals surface area contributed by atoms with Gasteiger partial charge in [-0.2, -0.15) is 0 Å². The van der Waals surface area contributed by atoms with E-state index in [1.54, 1.807) is 30.3 Å². The smallest absolute Gasteiger partial charge is 0.152 e. The second kappa shape index (κ2) is 7.22. The van der Waals surface area contributed by atoms with Crippen molar-refractivity contribution in [2.24, 2.45) is 0 Å². The first-order chi connectivity index (χ1) is 10.4. The Hall–Kier alpha value is -1.43. The predicted molar refractivity (Wildman–Crippen MR) is 93.3 cm³/mol. The summed E-state index contributed by atoms with van der Waals surface area (Å²) in [6.45, 7) is 1.53. The summed E-state index contributed by atoms with van der Waals surface area (Å²) in [5.74, 6) is 0. The Labute approximate surface area is 140 Å². The van der Waals surface area contributed by atoms with Gasteiger partial charge in [0.05, 0.1) is 6.10 Å². The lowest BCUT2D eigenvalue weighted by Crippen LogP contribution is -2.36. The molecule has 0 saturated heterocycles. The Kier molecular flexibility index (Phi) is 5.56. The number of thiol groups is 1. The highest BCUT2D eigenvalue weighted by Gasteiger charge is 2.37. The molecule has 0 fully saturated rings. The molecule has 3 nitrogen and oxygen atoms in total. The van der Waals surface area contributed by atoms with Crippen molar-refractivity contribution in [1.29, 1.82) is 0 Å². The van der Waals surface area contributed by atoms with Gasteiger partial charge in [0.15, 0.2) is 10.7 Å². The fourth-order valence-electron chi connectivity index (χ4n) is 2.13. The molecule has 0 aliphatic rings. The SMILES string of the molecule is CC(c1ccc(Br)cc1)(C(O)C=Cc1ccccc1)[SH](=O)=O. The van der Waals surface area contributed by atoms with Crippen molar-refractivity contribution < 1.29 is 13.5 Å². The first-order valence-corrected chi connectivity index (χ1v) is 8.73. The van der Waals surface area contributed by atoms with Crippen LogP contribution in [-0.4, -0.2) is 19.6 Å². The summed E-state index contributed by atoms with van der Waals surface area (Å²) in [5, 5.41) is 10.4. The summed E-state index contributed by atoms with van der Waals surface area (Å²) in [6, 6.07) is 16.4. The predicted octanol–water partition coefficient (Wildman–Crippen LogP) is 3.35. The zero-order valence-corrected chi connectivity index (χ0v) is 14.5. The van der Waals surface area contributed by atoms with E-state index in [0.29, 0.717) is 5.56 Å². The van der Waals surface area contributed by atoms with Crippen LogP contribution < -0.4 is 0 Å². The monoisotopic (exact) mass is 380 g/mol. The van der Waals surface area contributed by atoms with E-state index < -0.39 is 21.6 Å². The fourth-order valence-corrected chi connectivity index (χ4v) is 3.05. The second-order valence-corrected chi connectivity index (χ2v) is 7.49. The molecule has 0 aromatic heterocycles. The topological polar surface area (TPSA) is 54.4 Å². The zero-order chi connectivity index (χ0) is 16.2. The molecule has 0 aliphatic heterocycles. The maximum absolute atomic E-state index is 11.8. The Morgan fingerprint density at radius 2 is 1.68 bits per heavy atom. The number of hydrogen-bond acceptors (Lipinski definition) is 3. The van der Waals surface area contributed by atoms with Gasteiger partial charge in [0, 0.05) is 4.47 Å². The average Bonchev–Trinajstić information content (AvgIpc) is 2.53. The van der Waals surface area contributed by atoms with E-state index in [9.17, 15) is 13.5 Å². The third-order valence-electron chi connectivity index (χ3n) is 3.65. The van der Waals surface area contributed by atoms with Gasteiger partial charge >= 0.3 is 0 Å². The van der Waals surface area contributed by atoms with Crippen LogP contribution in [0, 0.1) is 0 Å². The minimum atomic E-state index is -2.87. The molecule has 1 N–H and O–H groups in total. The second-order valence-electron chi connectivity index (χ2n) is 5.13. The highest BCUT2D eigenvalue weighted by atomic mass is 79.9. The molecule has 0 bridgehead atoms. The zero-order valence-electron chi connectivity index (χ0n) is 12.0. The van der Waals surface area contributed by atoms with Gasteiger partial charge < -0.3 is 5.11 Å². The molecule has 116 valence electrons. The van der Waals surface area contributed by atoms with Gasteiger partial charge in [-0.1, -0.05) is 70.5 Å². The average molecular weight is 381 g/mol. The lowest BCUT2D eigenvalue weighted by atomic mass is 9.93. The van der Waals surface area contributed by atoms with Crippen LogP contribution in [-0.2, 0) is 15.5 Å². The molecule has 0 aliphatic carbocycles. The van der Waals surface area contributed by atoms with Crippen LogP contribution in [0.2, 0.25) is 0 Å². The Bertz CT molecular complexity index is 715. The van der Waals surface area contributed by atoms with E-state index in [4.69, 9.17) is 0 Å². The molecule has 2 aromatic carbocycles. The van der Waals surface area contributed by atoms with Gasteiger partial charge in [0.2, 0.25) is 0 Å². The minimum Gasteiger partial charge on any atom is -0.387 e. The lowest BCUT2D eigenvalue weighted by Gasteiger charge is -2.27. The molecule has 0 radical (unpaired) electrons. The fraction of sp³-hybridized carbons (Fsp3) is 0.176. The summed E-state index contributed by atoms with van der Waals surface area (Å²) in [4.78, 5) is 0. The Balaban J connectivity index is 2.34. The lowest BCUT2D eigenvalue weighted by molar-refractivity contribution is 0.178. The maximum atomic E-state index is 11.8. The molecule has 2 rings (SSSR count). The van der Waals surface area contributed by atoms with Crippen molar-refractivity contribution in [3.05, 3.63) is 76.3 Å². The highest BCUT2D eigenvalue weighted by molar-refractivity contribution is 9.10. The Morgan fingerprint density at radius 3 is 2.23 bits per heavy atom. The van der Waals surface area contributed by atoms with Gasteiger partial charge in [-0.3, -0.25) is 0 Å². The van der Waals surface area contributed by atoms with Crippen molar-refractivity contribution in [3.63, 3.8) is 0 Å². The largest absolute Gasteiger partial charge is 0.387 e. The van der Waals surface area contributed by atoms with Gasteiger partial charge in [0.25, 0.3) is 0 Å². The van der Waals surface area contributed by atoms with Gasteiger partial charge in [-0.15, -0.1) is 0 Å². The van der Waals surface area contributed by atoms with Gasteiger partial charge in [-0.05, 0) is 30.2 Å². The minimum absolute atomic E-state index is 0.553. The quantitative estimate of drug-likeness (QED) is 0.782. The van der Waals surface area contributed by atoms with Crippen LogP contribution in [0.4, 0.5) is 0 Å². The summed E-state index contributed by atoms with van der Waals surface area (Å²) >= 11 is 3.32. The normalized spacial score (nSPS) is 15.8. The standard InChI is InChI=1S/C17H17BrO3S/c1-17(22(20)21,14-8-10-15(18)11-9-14)16(19)12-7-13-5-3-2-4-6-13/h2-12,16,19,22H,1H3. The van der Waals surface area contributed by atoms with E-state index in [2.05, 4.69) is 15.9 Å². The molecule has 0 heterocycles. The number of aliphatic hydroxyl groups excluding tert-OH is 1. The summed E-state index contributed by atoms with van der Waals surface area (Å²) in [5.41, 5.74) is 1.46. The van der Waals surface area contributed by atoms with Crippen LogP contribution in [0.15, 0.2) is 65.1 Å². The van der Waals surface area contributed by atoms with E-state index in [0.717, 1.165) is 10.0 Å². The van der Waals surface area contributed by atoms with Crippen LogP contribution in [0.3, 0.4) is 0 Å². The molecule has 0 amide bonds. The molecule has 22 heavy (non-hydrogen) atoms. The van der Waals surface area contributed by atoms with Crippen molar-refractivity contribution in [1.82, 2.24) is 0 Å². The summed E-state index contributed by atoms with van der Waals surface area (Å²) in [6.07, 6.45) is 2.10. The Morgan fingerprint density at radius 1 is 1.09 bits per heavy atom. The van der Waals surface area contributed by atoms with E-state index in [1.165, 1.54) is 13.0 Å². The molecular weight excluding hydrogens is 364 g/mol. The van der Waals surface area contributed by atoms with Crippen molar-refractivity contribution >= 4 is 32.7 Å². The third-order valence-corrected chi connectivity index (χ3v) is 5.46. The van der Waals surface area contributed by atoms with Gasteiger partial charge in [-0.25, -0.2) is 8.42 Å². The maximum Gasteiger partial charge on any atom is 0.152 e. The van der Waals surface area contributed by atoms with Crippen LogP contribution in [0.1, 0.15) is 18.1 Å². The highest BCUT2D eigenvalue weighted by Crippen LogP contribution is 2.31.